The van der Waals surface area contributed by atoms with E-state index in [1.54, 1.807) is 11.3 Å². The normalized spacial score (nSPS) is 11.0. The molecular formula is C17H26IN5S. The zero-order valence-corrected chi connectivity index (χ0v) is 17.6. The molecule has 2 rings (SSSR count). The van der Waals surface area contributed by atoms with E-state index in [4.69, 9.17) is 0 Å². The Balaban J connectivity index is 0.00000288. The minimum atomic E-state index is 0. The maximum Gasteiger partial charge on any atom is 0.191 e. The maximum absolute atomic E-state index is 4.61. The Morgan fingerprint density at radius 2 is 2.08 bits per heavy atom. The SMILES string of the molecule is CCNC(=NCc1ncccc1C)NCCc1ncc(CC)s1.I. The Morgan fingerprint density at radius 1 is 1.25 bits per heavy atom. The van der Waals surface area contributed by atoms with Crippen LogP contribution in [0.15, 0.2) is 29.5 Å². The van der Waals surface area contributed by atoms with Crippen LogP contribution in [0.3, 0.4) is 0 Å². The van der Waals surface area contributed by atoms with Crippen molar-refractivity contribution in [2.24, 2.45) is 4.99 Å². The lowest BCUT2D eigenvalue weighted by Gasteiger charge is -2.11. The lowest BCUT2D eigenvalue weighted by atomic mass is 10.2. The summed E-state index contributed by atoms with van der Waals surface area (Å²) in [6.45, 7) is 8.53. The molecule has 0 aromatic carbocycles. The van der Waals surface area contributed by atoms with E-state index in [9.17, 15) is 0 Å². The van der Waals surface area contributed by atoms with Gasteiger partial charge in [-0.3, -0.25) is 4.98 Å². The summed E-state index contributed by atoms with van der Waals surface area (Å²) >= 11 is 1.79. The third-order valence-electron chi connectivity index (χ3n) is 3.43. The summed E-state index contributed by atoms with van der Waals surface area (Å²) in [4.78, 5) is 14.8. The van der Waals surface area contributed by atoms with Crippen molar-refractivity contribution in [1.82, 2.24) is 20.6 Å². The van der Waals surface area contributed by atoms with Crippen LogP contribution >= 0.6 is 35.3 Å². The number of aryl methyl sites for hydroxylation is 2. The van der Waals surface area contributed by atoms with Crippen LogP contribution in [0.5, 0.6) is 0 Å². The average Bonchev–Trinajstić information content (AvgIpc) is 3.02. The van der Waals surface area contributed by atoms with E-state index in [2.05, 4.69) is 52.4 Å². The van der Waals surface area contributed by atoms with Gasteiger partial charge in [0.1, 0.15) is 0 Å². The molecule has 0 saturated carbocycles. The summed E-state index contributed by atoms with van der Waals surface area (Å²) in [7, 11) is 0. The number of pyridine rings is 1. The lowest BCUT2D eigenvalue weighted by molar-refractivity contribution is 0.793. The molecule has 0 atom stereocenters. The number of guanidine groups is 1. The zero-order chi connectivity index (χ0) is 16.5. The van der Waals surface area contributed by atoms with E-state index in [-0.39, 0.29) is 24.0 Å². The first-order chi connectivity index (χ1) is 11.2. The van der Waals surface area contributed by atoms with E-state index in [0.717, 1.165) is 37.6 Å². The van der Waals surface area contributed by atoms with Gasteiger partial charge in [0.2, 0.25) is 0 Å². The minimum absolute atomic E-state index is 0. The second kappa shape index (κ2) is 11.4. The molecule has 2 N–H and O–H groups in total. The first-order valence-electron chi connectivity index (χ1n) is 8.09. The molecule has 24 heavy (non-hydrogen) atoms. The highest BCUT2D eigenvalue weighted by atomic mass is 127. The van der Waals surface area contributed by atoms with Crippen molar-refractivity contribution in [3.05, 3.63) is 45.7 Å². The summed E-state index contributed by atoms with van der Waals surface area (Å²) < 4.78 is 0. The molecule has 0 unspecified atom stereocenters. The van der Waals surface area contributed by atoms with Gasteiger partial charge < -0.3 is 10.6 Å². The molecular weight excluding hydrogens is 433 g/mol. The molecule has 0 fully saturated rings. The smallest absolute Gasteiger partial charge is 0.191 e. The Morgan fingerprint density at radius 3 is 2.75 bits per heavy atom. The van der Waals surface area contributed by atoms with Crippen LogP contribution < -0.4 is 10.6 Å². The highest BCUT2D eigenvalue weighted by molar-refractivity contribution is 14.0. The van der Waals surface area contributed by atoms with Crippen LogP contribution in [-0.2, 0) is 19.4 Å². The predicted molar refractivity (Wildman–Crippen MR) is 112 cm³/mol. The van der Waals surface area contributed by atoms with Gasteiger partial charge in [-0.15, -0.1) is 35.3 Å². The standard InChI is InChI=1S/C17H25N5S.HI/c1-4-14-11-21-16(23-14)8-10-20-17(18-5-2)22-12-15-13(3)7-6-9-19-15;/h6-7,9,11H,4-5,8,10,12H2,1-3H3,(H2,18,20,22);1H. The van der Waals surface area contributed by atoms with Crippen LogP contribution in [0.25, 0.3) is 0 Å². The number of halogens is 1. The molecule has 2 aromatic heterocycles. The Hall–Kier alpha value is -1.22. The third-order valence-corrected chi connectivity index (χ3v) is 4.63. The van der Waals surface area contributed by atoms with E-state index < -0.39 is 0 Å². The quantitative estimate of drug-likeness (QED) is 0.379. The first-order valence-corrected chi connectivity index (χ1v) is 8.90. The summed E-state index contributed by atoms with van der Waals surface area (Å²) in [6.07, 6.45) is 5.76. The highest BCUT2D eigenvalue weighted by Crippen LogP contribution is 2.13. The van der Waals surface area contributed by atoms with Crippen LogP contribution in [0, 0.1) is 6.92 Å². The van der Waals surface area contributed by atoms with Gasteiger partial charge in [0.05, 0.1) is 17.2 Å². The van der Waals surface area contributed by atoms with Gasteiger partial charge >= 0.3 is 0 Å². The predicted octanol–water partition coefficient (Wildman–Crippen LogP) is 3.32. The molecule has 5 nitrogen and oxygen atoms in total. The minimum Gasteiger partial charge on any atom is -0.357 e. The highest BCUT2D eigenvalue weighted by Gasteiger charge is 2.03. The van der Waals surface area contributed by atoms with Gasteiger partial charge in [0, 0.05) is 36.8 Å². The summed E-state index contributed by atoms with van der Waals surface area (Å²) in [6, 6.07) is 4.01. The first kappa shape index (κ1) is 20.8. The number of rotatable bonds is 7. The molecule has 2 aromatic rings. The van der Waals surface area contributed by atoms with Crippen molar-refractivity contribution in [3.63, 3.8) is 0 Å². The Bertz CT molecular complexity index is 641. The fourth-order valence-electron chi connectivity index (χ4n) is 2.09. The average molecular weight is 459 g/mol. The number of thiazole rings is 1. The molecule has 0 bridgehead atoms. The van der Waals surface area contributed by atoms with Crippen LogP contribution in [0.1, 0.15) is 35.0 Å². The van der Waals surface area contributed by atoms with Gasteiger partial charge in [-0.1, -0.05) is 13.0 Å². The molecule has 0 radical (unpaired) electrons. The van der Waals surface area contributed by atoms with Gasteiger partial charge in [0.25, 0.3) is 0 Å². The Labute approximate surface area is 165 Å². The number of nitrogens with one attached hydrogen (secondary N) is 2. The third kappa shape index (κ3) is 6.72. The van der Waals surface area contributed by atoms with E-state index >= 15 is 0 Å². The van der Waals surface area contributed by atoms with Gasteiger partial charge in [-0.25, -0.2) is 9.98 Å². The summed E-state index contributed by atoms with van der Waals surface area (Å²) in [5, 5.41) is 7.81. The van der Waals surface area contributed by atoms with Crippen molar-refractivity contribution in [2.45, 2.75) is 40.2 Å². The monoisotopic (exact) mass is 459 g/mol. The van der Waals surface area contributed by atoms with Crippen molar-refractivity contribution >= 4 is 41.3 Å². The number of hydrogen-bond donors (Lipinski definition) is 2. The lowest BCUT2D eigenvalue weighted by Crippen LogP contribution is -2.38. The Kier molecular flexibility index (Phi) is 9.85. The molecule has 7 heteroatoms. The van der Waals surface area contributed by atoms with Gasteiger partial charge in [-0.05, 0) is 31.9 Å². The number of nitrogens with zero attached hydrogens (tertiary/aromatic N) is 3. The van der Waals surface area contributed by atoms with Crippen molar-refractivity contribution in [1.29, 1.82) is 0 Å². The summed E-state index contributed by atoms with van der Waals surface area (Å²) in [5.41, 5.74) is 2.18. The second-order valence-electron chi connectivity index (χ2n) is 5.21. The van der Waals surface area contributed by atoms with Gasteiger partial charge in [-0.2, -0.15) is 0 Å². The largest absolute Gasteiger partial charge is 0.357 e. The van der Waals surface area contributed by atoms with Crippen LogP contribution in [-0.4, -0.2) is 29.0 Å². The zero-order valence-electron chi connectivity index (χ0n) is 14.5. The van der Waals surface area contributed by atoms with Crippen LogP contribution in [0.2, 0.25) is 0 Å². The molecule has 0 spiro atoms. The van der Waals surface area contributed by atoms with E-state index in [1.807, 2.05) is 18.5 Å². The topological polar surface area (TPSA) is 62.2 Å². The molecule has 0 aliphatic carbocycles. The molecule has 0 aliphatic rings. The fraction of sp³-hybridized carbons (Fsp3) is 0.471. The number of hydrogen-bond acceptors (Lipinski definition) is 4. The maximum atomic E-state index is 4.61. The fourth-order valence-corrected chi connectivity index (χ4v) is 2.96. The molecule has 0 saturated heterocycles. The molecule has 0 aliphatic heterocycles. The molecule has 2 heterocycles. The van der Waals surface area contributed by atoms with Crippen molar-refractivity contribution < 1.29 is 0 Å². The second-order valence-corrected chi connectivity index (χ2v) is 6.41. The van der Waals surface area contributed by atoms with Gasteiger partial charge in [0.15, 0.2) is 5.96 Å². The van der Waals surface area contributed by atoms with E-state index in [1.165, 1.54) is 15.4 Å². The number of aliphatic imine (C=N–C) groups is 1. The molecule has 132 valence electrons. The summed E-state index contributed by atoms with van der Waals surface area (Å²) in [5.74, 6) is 0.824. The van der Waals surface area contributed by atoms with Crippen LogP contribution in [0.4, 0.5) is 0 Å². The van der Waals surface area contributed by atoms with Crippen molar-refractivity contribution in [2.75, 3.05) is 13.1 Å². The number of aromatic nitrogens is 2. The van der Waals surface area contributed by atoms with Crippen molar-refractivity contribution in [3.8, 4) is 0 Å². The molecule has 0 amide bonds. The van der Waals surface area contributed by atoms with E-state index in [0.29, 0.717) is 6.54 Å².